The summed E-state index contributed by atoms with van der Waals surface area (Å²) < 4.78 is 48.2. The van der Waals surface area contributed by atoms with Gasteiger partial charge in [0.1, 0.15) is 17.9 Å². The molecule has 0 saturated heterocycles. The van der Waals surface area contributed by atoms with Crippen LogP contribution in [0.2, 0.25) is 0 Å². The number of ether oxygens (including phenoxy) is 1. The standard InChI is InChI=1S/C28H25F3N6O3/c1-27(11-38)9-28(32,10-27)24-16(29)5-13(8-33-24)17-7-19-22-15-6-18(23(22)36-37(19)12-34-17)35-25(39)14-3-2-4-20(21(14)15)40-26(30)31/h2-5,7-8,12,15,18,26,38H,6,9-11,32H2,1H3,(H,35,39). The first-order valence-electron chi connectivity index (χ1n) is 12.9. The number of pyridine rings is 1. The zero-order valence-electron chi connectivity index (χ0n) is 21.4. The molecule has 2 unspecified atom stereocenters. The number of fused-ring (bicyclic) bond motifs is 9. The van der Waals surface area contributed by atoms with Crippen molar-refractivity contribution < 1.29 is 27.8 Å². The number of nitrogens with one attached hydrogen (secondary N) is 1. The maximum absolute atomic E-state index is 15.3. The molecule has 206 valence electrons. The number of alkyl halides is 2. The number of benzene rings is 1. The number of hydrogen-bond donors (Lipinski definition) is 3. The molecule has 4 N–H and O–H groups in total. The second-order valence-electron chi connectivity index (χ2n) is 11.3. The maximum Gasteiger partial charge on any atom is 0.387 e. The molecule has 1 amide bonds. The number of nitrogens with zero attached hydrogens (tertiary/aromatic N) is 4. The highest BCUT2D eigenvalue weighted by molar-refractivity contribution is 5.98. The van der Waals surface area contributed by atoms with Gasteiger partial charge in [0.25, 0.3) is 5.91 Å². The van der Waals surface area contributed by atoms with Crippen LogP contribution in [0.25, 0.3) is 16.8 Å². The van der Waals surface area contributed by atoms with E-state index in [0.717, 1.165) is 5.56 Å². The Hall–Kier alpha value is -4.03. The number of aliphatic hydroxyl groups is 1. The first kappa shape index (κ1) is 25.0. The highest BCUT2D eigenvalue weighted by atomic mass is 19.3. The molecule has 2 aliphatic carbocycles. The highest BCUT2D eigenvalue weighted by Crippen LogP contribution is 2.53. The predicted molar refractivity (Wildman–Crippen MR) is 136 cm³/mol. The van der Waals surface area contributed by atoms with Crippen molar-refractivity contribution in [2.45, 2.75) is 50.3 Å². The molecule has 2 atom stereocenters. The molecule has 3 aromatic heterocycles. The fourth-order valence-corrected chi connectivity index (χ4v) is 6.85. The van der Waals surface area contributed by atoms with Crippen LogP contribution in [0.3, 0.4) is 0 Å². The Balaban J connectivity index is 1.31. The van der Waals surface area contributed by atoms with Crippen molar-refractivity contribution in [1.82, 2.24) is 24.9 Å². The summed E-state index contributed by atoms with van der Waals surface area (Å²) in [5.41, 5.74) is 8.83. The molecule has 0 spiro atoms. The van der Waals surface area contributed by atoms with E-state index in [-0.39, 0.29) is 34.9 Å². The summed E-state index contributed by atoms with van der Waals surface area (Å²) in [5.74, 6) is -1.43. The van der Waals surface area contributed by atoms with E-state index >= 15 is 4.39 Å². The summed E-state index contributed by atoms with van der Waals surface area (Å²) in [6.45, 7) is -1.18. The van der Waals surface area contributed by atoms with Crippen LogP contribution < -0.4 is 15.8 Å². The molecule has 1 aliphatic heterocycles. The Morgan fingerprint density at radius 2 is 2.05 bits per heavy atom. The Bertz CT molecular complexity index is 1700. The number of hydrogen-bond acceptors (Lipinski definition) is 7. The molecule has 4 aromatic rings. The van der Waals surface area contributed by atoms with Crippen LogP contribution in [0.4, 0.5) is 13.2 Å². The average Bonchev–Trinajstić information content (AvgIpc) is 3.39. The quantitative estimate of drug-likeness (QED) is 0.345. The van der Waals surface area contributed by atoms with Crippen LogP contribution in [0, 0.1) is 11.2 Å². The Labute approximate surface area is 226 Å². The van der Waals surface area contributed by atoms with E-state index < -0.39 is 29.9 Å². The molecule has 1 aromatic carbocycles. The first-order valence-corrected chi connectivity index (χ1v) is 12.9. The van der Waals surface area contributed by atoms with E-state index in [0.29, 0.717) is 47.3 Å². The highest BCUT2D eigenvalue weighted by Gasteiger charge is 2.52. The molecular formula is C28H25F3N6O3. The van der Waals surface area contributed by atoms with Crippen molar-refractivity contribution in [1.29, 1.82) is 0 Å². The van der Waals surface area contributed by atoms with Crippen molar-refractivity contribution >= 4 is 11.4 Å². The predicted octanol–water partition coefficient (Wildman–Crippen LogP) is 3.80. The van der Waals surface area contributed by atoms with Crippen molar-refractivity contribution in [2.75, 3.05) is 6.61 Å². The van der Waals surface area contributed by atoms with Gasteiger partial charge >= 0.3 is 6.61 Å². The van der Waals surface area contributed by atoms with Gasteiger partial charge in [-0.25, -0.2) is 13.9 Å². The van der Waals surface area contributed by atoms with Crippen LogP contribution in [-0.4, -0.2) is 43.8 Å². The molecular weight excluding hydrogens is 525 g/mol. The molecule has 4 heterocycles. The van der Waals surface area contributed by atoms with Gasteiger partial charge in [-0.3, -0.25) is 9.78 Å². The summed E-state index contributed by atoms with van der Waals surface area (Å²) in [6, 6.07) is 7.21. The fraction of sp³-hybridized carbons (Fsp3) is 0.357. The molecule has 40 heavy (non-hydrogen) atoms. The third-order valence-corrected chi connectivity index (χ3v) is 8.40. The Morgan fingerprint density at radius 1 is 1.25 bits per heavy atom. The van der Waals surface area contributed by atoms with Gasteiger partial charge in [-0.15, -0.1) is 0 Å². The van der Waals surface area contributed by atoms with E-state index in [1.165, 1.54) is 30.7 Å². The smallest absolute Gasteiger partial charge is 0.387 e. The number of rotatable bonds is 5. The molecule has 3 aliphatic rings. The van der Waals surface area contributed by atoms with E-state index in [1.54, 1.807) is 16.6 Å². The molecule has 2 bridgehead atoms. The van der Waals surface area contributed by atoms with Gasteiger partial charge in [-0.2, -0.15) is 13.9 Å². The van der Waals surface area contributed by atoms with Gasteiger partial charge in [-0.1, -0.05) is 13.0 Å². The number of carbonyl (C=O) groups excluding carboxylic acids is 1. The molecule has 1 saturated carbocycles. The van der Waals surface area contributed by atoms with E-state index in [2.05, 4.69) is 20.4 Å². The van der Waals surface area contributed by atoms with Gasteiger partial charge in [0, 0.05) is 41.0 Å². The van der Waals surface area contributed by atoms with Gasteiger partial charge in [0.15, 0.2) is 0 Å². The maximum atomic E-state index is 15.3. The molecule has 12 heteroatoms. The monoisotopic (exact) mass is 550 g/mol. The lowest BCUT2D eigenvalue weighted by Gasteiger charge is -2.51. The van der Waals surface area contributed by atoms with Gasteiger partial charge < -0.3 is 20.9 Å². The molecule has 9 nitrogen and oxygen atoms in total. The van der Waals surface area contributed by atoms with Crippen molar-refractivity contribution in [3.05, 3.63) is 76.8 Å². The summed E-state index contributed by atoms with van der Waals surface area (Å²) in [6.07, 6.45) is 4.29. The number of nitrogens with two attached hydrogens (primary N) is 1. The van der Waals surface area contributed by atoms with Crippen LogP contribution in [-0.2, 0) is 5.54 Å². The summed E-state index contributed by atoms with van der Waals surface area (Å²) >= 11 is 0. The van der Waals surface area contributed by atoms with Crippen LogP contribution >= 0.6 is 0 Å². The van der Waals surface area contributed by atoms with Gasteiger partial charge in [0.05, 0.1) is 34.2 Å². The largest absolute Gasteiger partial charge is 0.434 e. The van der Waals surface area contributed by atoms with Gasteiger partial charge in [-0.05, 0) is 48.9 Å². The third-order valence-electron chi connectivity index (χ3n) is 8.40. The minimum atomic E-state index is -3.05. The van der Waals surface area contributed by atoms with Crippen molar-refractivity contribution in [3.63, 3.8) is 0 Å². The molecule has 1 fully saturated rings. The van der Waals surface area contributed by atoms with Gasteiger partial charge in [0.2, 0.25) is 0 Å². The zero-order chi connectivity index (χ0) is 28.0. The normalized spacial score (nSPS) is 26.7. The Kier molecular flexibility index (Phi) is 5.30. The first-order chi connectivity index (χ1) is 19.1. The van der Waals surface area contributed by atoms with Crippen molar-refractivity contribution in [3.8, 4) is 17.0 Å². The minimum absolute atomic E-state index is 0.0307. The SMILES string of the molecule is CC1(CO)CC(N)(c2ncc(-c3cc4c5c(nn4cn3)C3CC5c4c(OC(F)F)cccc4C(=O)N3)cc2F)C1. The Morgan fingerprint density at radius 3 is 2.77 bits per heavy atom. The molecule has 0 radical (unpaired) electrons. The minimum Gasteiger partial charge on any atom is -0.434 e. The summed E-state index contributed by atoms with van der Waals surface area (Å²) in [4.78, 5) is 21.7. The summed E-state index contributed by atoms with van der Waals surface area (Å²) in [5, 5.41) is 17.2. The van der Waals surface area contributed by atoms with E-state index in [9.17, 15) is 18.7 Å². The second kappa shape index (κ2) is 8.48. The van der Waals surface area contributed by atoms with E-state index in [4.69, 9.17) is 10.5 Å². The van der Waals surface area contributed by atoms with Crippen LogP contribution in [0.5, 0.6) is 5.75 Å². The average molecular weight is 551 g/mol. The second-order valence-corrected chi connectivity index (χ2v) is 11.3. The van der Waals surface area contributed by atoms with Crippen molar-refractivity contribution in [2.24, 2.45) is 11.1 Å². The topological polar surface area (TPSA) is 128 Å². The zero-order valence-corrected chi connectivity index (χ0v) is 21.4. The number of carbonyl (C=O) groups is 1. The number of aliphatic hydroxyl groups excluding tert-OH is 1. The number of aromatic nitrogens is 4. The van der Waals surface area contributed by atoms with E-state index in [1.807, 2.05) is 6.92 Å². The summed E-state index contributed by atoms with van der Waals surface area (Å²) in [7, 11) is 0. The van der Waals surface area contributed by atoms with Crippen LogP contribution in [0.15, 0.2) is 42.9 Å². The molecule has 7 rings (SSSR count). The fourth-order valence-electron chi connectivity index (χ4n) is 6.85. The number of amides is 1. The number of halogens is 3. The van der Waals surface area contributed by atoms with Crippen LogP contribution in [0.1, 0.15) is 71.0 Å². The third kappa shape index (κ3) is 3.62. The lowest BCUT2D eigenvalue weighted by atomic mass is 9.57. The lowest BCUT2D eigenvalue weighted by Crippen LogP contribution is -2.56. The lowest BCUT2D eigenvalue weighted by molar-refractivity contribution is -0.0505.